The fourth-order valence-electron chi connectivity index (χ4n) is 0.598. The van der Waals surface area contributed by atoms with Crippen molar-refractivity contribution in [2.45, 2.75) is 0 Å². The van der Waals surface area contributed by atoms with Crippen LogP contribution in [-0.4, -0.2) is 11.1 Å². The fraction of sp³-hybridized carbons (Fsp3) is 0. The molecule has 0 saturated heterocycles. The van der Waals surface area contributed by atoms with Crippen LogP contribution < -0.4 is 5.11 Å². The van der Waals surface area contributed by atoms with Gasteiger partial charge in [-0.2, -0.15) is 0 Å². The standard InChI is InChI=1S/C7H6O3.Ag/c8-6-3-1-5(2-4-6)7(9)10;/h1-4,8H,(H,9,10);/q;+1/p-1. The van der Waals surface area contributed by atoms with E-state index in [0.717, 1.165) is 0 Å². The monoisotopic (exact) mass is 244 g/mol. The second-order valence-electron chi connectivity index (χ2n) is 1.83. The van der Waals surface area contributed by atoms with Crippen LogP contribution in [0.1, 0.15) is 10.4 Å². The normalized spacial score (nSPS) is 8.36. The Bertz CT molecular complexity index is 242. The molecule has 0 atom stereocenters. The van der Waals surface area contributed by atoms with E-state index >= 15 is 0 Å². The topological polar surface area (TPSA) is 60.4 Å². The SMILES string of the molecule is O=C([O-])c1ccc(O)cc1.[Ag+]. The molecule has 0 fully saturated rings. The molecule has 0 aliphatic heterocycles. The molecule has 0 aliphatic rings. The molecule has 0 saturated carbocycles. The van der Waals surface area contributed by atoms with E-state index in [9.17, 15) is 9.90 Å². The number of aromatic hydroxyl groups is 1. The van der Waals surface area contributed by atoms with Gasteiger partial charge in [0.1, 0.15) is 5.75 Å². The molecule has 0 heterocycles. The van der Waals surface area contributed by atoms with Gasteiger partial charge >= 0.3 is 22.4 Å². The Hall–Kier alpha value is -0.770. The maximum absolute atomic E-state index is 10.1. The van der Waals surface area contributed by atoms with Crippen molar-refractivity contribution in [3.05, 3.63) is 29.8 Å². The number of benzene rings is 1. The molecular formula is C7H5AgO3. The van der Waals surface area contributed by atoms with Crippen LogP contribution >= 0.6 is 0 Å². The first kappa shape index (κ1) is 10.2. The molecule has 0 bridgehead atoms. The van der Waals surface area contributed by atoms with Gasteiger partial charge in [0, 0.05) is 0 Å². The Kier molecular flexibility index (Phi) is 3.89. The van der Waals surface area contributed by atoms with Gasteiger partial charge in [0.25, 0.3) is 0 Å². The summed E-state index contributed by atoms with van der Waals surface area (Å²) >= 11 is 0. The third kappa shape index (κ3) is 2.76. The summed E-state index contributed by atoms with van der Waals surface area (Å²) in [6.07, 6.45) is 0. The summed E-state index contributed by atoms with van der Waals surface area (Å²) < 4.78 is 0. The summed E-state index contributed by atoms with van der Waals surface area (Å²) in [7, 11) is 0. The van der Waals surface area contributed by atoms with Crippen molar-refractivity contribution in [1.82, 2.24) is 0 Å². The molecule has 1 aromatic carbocycles. The number of rotatable bonds is 1. The zero-order chi connectivity index (χ0) is 7.56. The molecule has 0 spiro atoms. The van der Waals surface area contributed by atoms with Gasteiger partial charge in [0.05, 0.1) is 5.97 Å². The van der Waals surface area contributed by atoms with Crippen molar-refractivity contribution in [2.75, 3.05) is 0 Å². The largest absolute Gasteiger partial charge is 1.00 e. The van der Waals surface area contributed by atoms with Crippen LogP contribution in [0.5, 0.6) is 5.75 Å². The third-order valence-electron chi connectivity index (χ3n) is 1.10. The van der Waals surface area contributed by atoms with E-state index in [1.807, 2.05) is 0 Å². The number of hydrogen-bond acceptors (Lipinski definition) is 3. The number of carbonyl (C=O) groups is 1. The first-order valence-electron chi connectivity index (χ1n) is 2.70. The number of carboxylic acids is 1. The Morgan fingerprint density at radius 3 is 2.09 bits per heavy atom. The van der Waals surface area contributed by atoms with Crippen molar-refractivity contribution in [2.24, 2.45) is 0 Å². The van der Waals surface area contributed by atoms with Gasteiger partial charge in [-0.1, -0.05) is 0 Å². The minimum atomic E-state index is -1.24. The predicted molar refractivity (Wildman–Crippen MR) is 32.4 cm³/mol. The molecule has 4 heteroatoms. The Morgan fingerprint density at radius 2 is 1.73 bits per heavy atom. The van der Waals surface area contributed by atoms with Crippen LogP contribution in [0.15, 0.2) is 24.3 Å². The van der Waals surface area contributed by atoms with E-state index in [1.54, 1.807) is 0 Å². The Balaban J connectivity index is 0.000001000. The molecule has 0 unspecified atom stereocenters. The van der Waals surface area contributed by atoms with Gasteiger partial charge < -0.3 is 15.0 Å². The molecule has 0 radical (unpaired) electrons. The molecule has 11 heavy (non-hydrogen) atoms. The van der Waals surface area contributed by atoms with Gasteiger partial charge in [-0.25, -0.2) is 0 Å². The van der Waals surface area contributed by atoms with Gasteiger partial charge in [0.15, 0.2) is 0 Å². The number of aromatic carboxylic acids is 1. The predicted octanol–water partition coefficient (Wildman–Crippen LogP) is -0.247. The van der Waals surface area contributed by atoms with Crippen LogP contribution in [0.2, 0.25) is 0 Å². The molecular weight excluding hydrogens is 240 g/mol. The van der Waals surface area contributed by atoms with Crippen LogP contribution in [0.25, 0.3) is 0 Å². The van der Waals surface area contributed by atoms with Crippen molar-refractivity contribution in [1.29, 1.82) is 0 Å². The van der Waals surface area contributed by atoms with Crippen LogP contribution in [0.4, 0.5) is 0 Å². The number of phenolic OH excluding ortho intramolecular Hbond substituents is 1. The smallest absolute Gasteiger partial charge is 0.545 e. The zero-order valence-corrected chi connectivity index (χ0v) is 6.86. The molecule has 1 rings (SSSR count). The summed E-state index contributed by atoms with van der Waals surface area (Å²) in [6, 6.07) is 5.16. The summed E-state index contributed by atoms with van der Waals surface area (Å²) in [4.78, 5) is 10.1. The minimum absolute atomic E-state index is 0. The average Bonchev–Trinajstić information content (AvgIpc) is 1.88. The molecule has 1 aromatic rings. The summed E-state index contributed by atoms with van der Waals surface area (Å²) in [5.74, 6) is -1.19. The van der Waals surface area contributed by atoms with E-state index in [0.29, 0.717) is 0 Å². The number of carbonyl (C=O) groups excluding carboxylic acids is 1. The molecule has 0 aromatic heterocycles. The number of carboxylic acid groups (broad SMARTS) is 1. The van der Waals surface area contributed by atoms with Gasteiger partial charge in [-0.15, -0.1) is 0 Å². The first-order chi connectivity index (χ1) is 4.70. The van der Waals surface area contributed by atoms with Crippen molar-refractivity contribution in [3.8, 4) is 5.75 Å². The summed E-state index contributed by atoms with van der Waals surface area (Å²) in [5.41, 5.74) is 0.0674. The van der Waals surface area contributed by atoms with E-state index in [2.05, 4.69) is 0 Å². The molecule has 0 amide bonds. The zero-order valence-electron chi connectivity index (χ0n) is 5.37. The van der Waals surface area contributed by atoms with Crippen LogP contribution in [0.3, 0.4) is 0 Å². The number of hydrogen-bond donors (Lipinski definition) is 1. The van der Waals surface area contributed by atoms with Gasteiger partial charge in [-0.05, 0) is 29.8 Å². The van der Waals surface area contributed by atoms with E-state index < -0.39 is 5.97 Å². The Morgan fingerprint density at radius 1 is 1.27 bits per heavy atom. The van der Waals surface area contributed by atoms with Crippen molar-refractivity contribution < 1.29 is 37.4 Å². The number of phenols is 1. The molecule has 1 N–H and O–H groups in total. The van der Waals surface area contributed by atoms with Gasteiger partial charge in [-0.3, -0.25) is 0 Å². The van der Waals surface area contributed by atoms with E-state index in [1.165, 1.54) is 24.3 Å². The fourth-order valence-corrected chi connectivity index (χ4v) is 0.598. The Labute approximate surface area is 79.2 Å². The first-order valence-corrected chi connectivity index (χ1v) is 2.70. The quantitative estimate of drug-likeness (QED) is 0.694. The van der Waals surface area contributed by atoms with Crippen LogP contribution in [0, 0.1) is 0 Å². The van der Waals surface area contributed by atoms with Crippen molar-refractivity contribution >= 4 is 5.97 Å². The van der Waals surface area contributed by atoms with E-state index in [-0.39, 0.29) is 33.7 Å². The molecule has 62 valence electrons. The van der Waals surface area contributed by atoms with Crippen LogP contribution in [-0.2, 0) is 22.4 Å². The third-order valence-corrected chi connectivity index (χ3v) is 1.10. The molecule has 3 nitrogen and oxygen atoms in total. The second kappa shape index (κ2) is 4.18. The van der Waals surface area contributed by atoms with Crippen molar-refractivity contribution in [3.63, 3.8) is 0 Å². The van der Waals surface area contributed by atoms with Gasteiger partial charge in [0.2, 0.25) is 0 Å². The maximum atomic E-state index is 10.1. The van der Waals surface area contributed by atoms with E-state index in [4.69, 9.17) is 5.11 Å². The maximum Gasteiger partial charge on any atom is 1.00 e. The second-order valence-corrected chi connectivity index (χ2v) is 1.83. The molecule has 0 aliphatic carbocycles. The minimum Gasteiger partial charge on any atom is -0.545 e. The summed E-state index contributed by atoms with van der Waals surface area (Å²) in [6.45, 7) is 0. The summed E-state index contributed by atoms with van der Waals surface area (Å²) in [5, 5.41) is 18.8. The average molecular weight is 245 g/mol.